The fraction of sp³-hybridized carbons (Fsp3) is 0.300. The number of ether oxygens (including phenoxy) is 2. The minimum Gasteiger partial charge on any atom is -0.497 e. The average molecular weight is 403 g/mol. The summed E-state index contributed by atoms with van der Waals surface area (Å²) >= 11 is 3.22. The molecule has 0 saturated heterocycles. The summed E-state index contributed by atoms with van der Waals surface area (Å²) in [5.41, 5.74) is 1.60. The van der Waals surface area contributed by atoms with Crippen LogP contribution in [0.3, 0.4) is 0 Å². The highest BCUT2D eigenvalue weighted by Crippen LogP contribution is 2.23. The van der Waals surface area contributed by atoms with Gasteiger partial charge < -0.3 is 14.0 Å². The van der Waals surface area contributed by atoms with Crippen LogP contribution >= 0.6 is 23.1 Å². The molecular weight excluding hydrogens is 380 g/mol. The summed E-state index contributed by atoms with van der Waals surface area (Å²) in [5.74, 6) is 1.54. The molecule has 0 atom stereocenters. The average Bonchev–Trinajstić information content (AvgIpc) is 3.03. The maximum atomic E-state index is 12.7. The Kier molecular flexibility index (Phi) is 6.71. The molecule has 0 fully saturated rings. The Balaban J connectivity index is 2.01. The van der Waals surface area contributed by atoms with Crippen LogP contribution in [0, 0.1) is 0 Å². The second kappa shape index (κ2) is 9.21. The van der Waals surface area contributed by atoms with Crippen LogP contribution in [0.1, 0.15) is 17.3 Å². The van der Waals surface area contributed by atoms with E-state index in [2.05, 4.69) is 11.9 Å². The number of aromatic nitrogens is 1. The minimum absolute atomic E-state index is 0.243. The third-order valence-electron chi connectivity index (χ3n) is 4.02. The maximum absolute atomic E-state index is 12.7. The van der Waals surface area contributed by atoms with Crippen molar-refractivity contribution in [1.29, 1.82) is 0 Å². The fourth-order valence-electron chi connectivity index (χ4n) is 2.68. The van der Waals surface area contributed by atoms with Crippen molar-refractivity contribution in [2.24, 2.45) is 4.99 Å². The molecule has 3 rings (SSSR count). The van der Waals surface area contributed by atoms with Crippen molar-refractivity contribution in [3.05, 3.63) is 52.8 Å². The number of carbonyl (C=O) groups excluding carboxylic acids is 1. The van der Waals surface area contributed by atoms with Gasteiger partial charge in [-0.05, 0) is 48.2 Å². The van der Waals surface area contributed by atoms with E-state index in [-0.39, 0.29) is 5.91 Å². The largest absolute Gasteiger partial charge is 0.497 e. The topological polar surface area (TPSA) is 52.8 Å². The number of thioether (sulfide) groups is 1. The van der Waals surface area contributed by atoms with Gasteiger partial charge in [-0.2, -0.15) is 4.99 Å². The molecule has 0 radical (unpaired) electrons. The first-order valence-electron chi connectivity index (χ1n) is 8.64. The monoisotopic (exact) mass is 402 g/mol. The molecular formula is C20H22N2O3S2. The fourth-order valence-corrected chi connectivity index (χ4v) is 4.42. The van der Waals surface area contributed by atoms with Crippen LogP contribution in [0.15, 0.2) is 52.4 Å². The molecule has 0 spiro atoms. The molecule has 27 heavy (non-hydrogen) atoms. The number of benzene rings is 2. The highest BCUT2D eigenvalue weighted by Gasteiger charge is 2.10. The van der Waals surface area contributed by atoms with Crippen LogP contribution in [0.2, 0.25) is 0 Å². The normalized spacial score (nSPS) is 11.9. The maximum Gasteiger partial charge on any atom is 0.279 e. The number of fused-ring (bicyclic) bond motifs is 1. The minimum atomic E-state index is -0.243. The smallest absolute Gasteiger partial charge is 0.279 e. The molecule has 0 aliphatic heterocycles. The second-order valence-corrected chi connectivity index (χ2v) is 8.08. The summed E-state index contributed by atoms with van der Waals surface area (Å²) in [5, 5.41) is 0. The van der Waals surface area contributed by atoms with Crippen LogP contribution in [0.4, 0.5) is 0 Å². The molecule has 0 aliphatic carbocycles. The van der Waals surface area contributed by atoms with Gasteiger partial charge >= 0.3 is 0 Å². The number of thiazole rings is 1. The Morgan fingerprint density at radius 3 is 2.63 bits per heavy atom. The van der Waals surface area contributed by atoms with Gasteiger partial charge in [0, 0.05) is 24.1 Å². The van der Waals surface area contributed by atoms with Crippen molar-refractivity contribution in [2.75, 3.05) is 26.6 Å². The molecule has 1 aromatic heterocycles. The molecule has 0 saturated carbocycles. The molecule has 2 aromatic carbocycles. The Morgan fingerprint density at radius 1 is 1.19 bits per heavy atom. The van der Waals surface area contributed by atoms with E-state index in [9.17, 15) is 4.79 Å². The lowest BCUT2D eigenvalue weighted by Gasteiger charge is -2.05. The van der Waals surface area contributed by atoms with Crippen molar-refractivity contribution in [3.8, 4) is 5.75 Å². The zero-order chi connectivity index (χ0) is 19.2. The van der Waals surface area contributed by atoms with Crippen molar-refractivity contribution >= 4 is 39.2 Å². The molecule has 0 bridgehead atoms. The first-order valence-corrected chi connectivity index (χ1v) is 10.4. The van der Waals surface area contributed by atoms with Gasteiger partial charge in [-0.25, -0.2) is 0 Å². The zero-order valence-electron chi connectivity index (χ0n) is 15.6. The van der Waals surface area contributed by atoms with Gasteiger partial charge in [0.15, 0.2) is 4.80 Å². The van der Waals surface area contributed by atoms with Gasteiger partial charge in [-0.3, -0.25) is 4.79 Å². The van der Waals surface area contributed by atoms with E-state index in [0.29, 0.717) is 23.5 Å². The van der Waals surface area contributed by atoms with Gasteiger partial charge in [0.2, 0.25) is 0 Å². The van der Waals surface area contributed by atoms with Crippen LogP contribution in [0.5, 0.6) is 5.75 Å². The Bertz CT molecular complexity index is 991. The van der Waals surface area contributed by atoms with Gasteiger partial charge in [-0.15, -0.1) is 11.8 Å². The standard InChI is InChI=1S/C20H22N2O3S2/c1-4-26-16-8-5-14(6-9-16)19(23)21-20-22(11-12-24-2)17-10-7-15(25-3)13-18(17)27-20/h5-10,13H,4,11-12H2,1-3H3. The van der Waals surface area contributed by atoms with Crippen molar-refractivity contribution in [1.82, 2.24) is 4.57 Å². The zero-order valence-corrected chi connectivity index (χ0v) is 17.2. The van der Waals surface area contributed by atoms with E-state index in [1.165, 1.54) is 11.3 Å². The highest BCUT2D eigenvalue weighted by atomic mass is 32.2. The quantitative estimate of drug-likeness (QED) is 0.556. The number of rotatable bonds is 7. The summed E-state index contributed by atoms with van der Waals surface area (Å²) in [6.45, 7) is 3.28. The van der Waals surface area contributed by atoms with Crippen LogP contribution in [-0.2, 0) is 11.3 Å². The third kappa shape index (κ3) is 4.61. The molecule has 1 heterocycles. The van der Waals surface area contributed by atoms with Crippen LogP contribution < -0.4 is 9.54 Å². The second-order valence-electron chi connectivity index (χ2n) is 5.74. The van der Waals surface area contributed by atoms with Gasteiger partial charge in [0.25, 0.3) is 5.91 Å². The number of hydrogen-bond acceptors (Lipinski definition) is 5. The van der Waals surface area contributed by atoms with E-state index >= 15 is 0 Å². The Labute approximate surface area is 166 Å². The molecule has 1 amide bonds. The van der Waals surface area contributed by atoms with Crippen molar-refractivity contribution in [3.63, 3.8) is 0 Å². The molecule has 7 heteroatoms. The predicted octanol–water partition coefficient (Wildman–Crippen LogP) is 4.21. The van der Waals surface area contributed by atoms with Crippen molar-refractivity contribution in [2.45, 2.75) is 18.4 Å². The SMILES string of the molecule is CCSc1ccc(C(=O)N=c2sc3cc(OC)ccc3n2CCOC)cc1. The van der Waals surface area contributed by atoms with Crippen LogP contribution in [0.25, 0.3) is 10.2 Å². The number of nitrogens with zero attached hydrogens (tertiary/aromatic N) is 2. The Morgan fingerprint density at radius 2 is 1.96 bits per heavy atom. The van der Waals surface area contributed by atoms with E-state index in [1.54, 1.807) is 26.0 Å². The van der Waals surface area contributed by atoms with Gasteiger partial charge in [0.05, 0.1) is 23.9 Å². The predicted molar refractivity (Wildman–Crippen MR) is 111 cm³/mol. The molecule has 3 aromatic rings. The van der Waals surface area contributed by atoms with E-state index in [1.807, 2.05) is 47.0 Å². The van der Waals surface area contributed by atoms with Crippen molar-refractivity contribution < 1.29 is 14.3 Å². The summed E-state index contributed by atoms with van der Waals surface area (Å²) in [6, 6.07) is 13.5. The lowest BCUT2D eigenvalue weighted by molar-refractivity contribution is 0.0997. The molecule has 0 aliphatic rings. The number of amides is 1. The Hall–Kier alpha value is -2.09. The lowest BCUT2D eigenvalue weighted by atomic mass is 10.2. The first-order chi connectivity index (χ1) is 13.2. The summed E-state index contributed by atoms with van der Waals surface area (Å²) in [7, 11) is 3.30. The first kappa shape index (κ1) is 19.7. The van der Waals surface area contributed by atoms with Crippen LogP contribution in [-0.4, -0.2) is 37.1 Å². The molecule has 142 valence electrons. The van der Waals surface area contributed by atoms with E-state index in [0.717, 1.165) is 26.6 Å². The van der Waals surface area contributed by atoms with E-state index < -0.39 is 0 Å². The van der Waals surface area contributed by atoms with Gasteiger partial charge in [-0.1, -0.05) is 18.3 Å². The van der Waals surface area contributed by atoms with E-state index in [4.69, 9.17) is 9.47 Å². The lowest BCUT2D eigenvalue weighted by Crippen LogP contribution is -2.19. The number of hydrogen-bond donors (Lipinski definition) is 0. The summed E-state index contributed by atoms with van der Waals surface area (Å²) < 4.78 is 13.6. The number of carbonyl (C=O) groups is 1. The molecule has 0 unspecified atom stereocenters. The summed E-state index contributed by atoms with van der Waals surface area (Å²) in [6.07, 6.45) is 0. The molecule has 0 N–H and O–H groups in total. The highest BCUT2D eigenvalue weighted by molar-refractivity contribution is 7.99. The third-order valence-corrected chi connectivity index (χ3v) is 5.95. The molecule has 5 nitrogen and oxygen atoms in total. The summed E-state index contributed by atoms with van der Waals surface area (Å²) in [4.78, 5) is 18.9. The number of methoxy groups -OCH3 is 2. The van der Waals surface area contributed by atoms with Gasteiger partial charge in [0.1, 0.15) is 5.75 Å².